The van der Waals surface area contributed by atoms with Crippen molar-refractivity contribution in [2.75, 3.05) is 5.32 Å². The standard InChI is InChI=1S/C12H8Br2N2O3/c13-8-4-7(18-11(8)14)5-15-6-1-2-10-9(3-6)16-12(17)19-10/h1-4,15H,5H2,(H,16,17). The van der Waals surface area contributed by atoms with E-state index in [1.54, 1.807) is 6.07 Å². The lowest BCUT2D eigenvalue weighted by Gasteiger charge is -2.03. The number of anilines is 1. The molecule has 98 valence electrons. The maximum Gasteiger partial charge on any atom is 0.417 e. The number of halogens is 2. The molecule has 2 N–H and O–H groups in total. The molecule has 1 aromatic carbocycles. The predicted octanol–water partition coefficient (Wildman–Crippen LogP) is 3.85. The molecular formula is C12H8Br2N2O3. The molecule has 0 bridgehead atoms. The second-order valence-electron chi connectivity index (χ2n) is 3.91. The number of oxazole rings is 1. The molecule has 0 atom stereocenters. The van der Waals surface area contributed by atoms with Crippen LogP contribution >= 0.6 is 31.9 Å². The fourth-order valence-electron chi connectivity index (χ4n) is 1.73. The van der Waals surface area contributed by atoms with E-state index in [1.807, 2.05) is 18.2 Å². The molecule has 19 heavy (non-hydrogen) atoms. The van der Waals surface area contributed by atoms with Crippen LogP contribution in [0, 0.1) is 0 Å². The first-order chi connectivity index (χ1) is 9.11. The third-order valence-electron chi connectivity index (χ3n) is 2.58. The zero-order chi connectivity index (χ0) is 13.4. The van der Waals surface area contributed by atoms with Gasteiger partial charge in [0.15, 0.2) is 10.3 Å². The Balaban J connectivity index is 1.79. The van der Waals surface area contributed by atoms with Crippen LogP contribution in [0.15, 0.2) is 47.0 Å². The molecular weight excluding hydrogens is 380 g/mol. The quantitative estimate of drug-likeness (QED) is 0.715. The Morgan fingerprint density at radius 1 is 1.21 bits per heavy atom. The van der Waals surface area contributed by atoms with Crippen LogP contribution in [0.25, 0.3) is 11.1 Å². The van der Waals surface area contributed by atoms with Gasteiger partial charge in [0.2, 0.25) is 0 Å². The van der Waals surface area contributed by atoms with Gasteiger partial charge in [-0.1, -0.05) is 0 Å². The minimum Gasteiger partial charge on any atom is -0.451 e. The Bertz CT molecular complexity index is 768. The van der Waals surface area contributed by atoms with E-state index in [2.05, 4.69) is 42.2 Å². The van der Waals surface area contributed by atoms with Gasteiger partial charge in [-0.15, -0.1) is 0 Å². The lowest BCUT2D eigenvalue weighted by atomic mass is 10.3. The van der Waals surface area contributed by atoms with E-state index < -0.39 is 5.76 Å². The normalized spacial score (nSPS) is 11.1. The predicted molar refractivity (Wildman–Crippen MR) is 78.3 cm³/mol. The smallest absolute Gasteiger partial charge is 0.417 e. The van der Waals surface area contributed by atoms with Gasteiger partial charge in [-0.2, -0.15) is 0 Å². The van der Waals surface area contributed by atoms with Crippen molar-refractivity contribution in [3.63, 3.8) is 0 Å². The average Bonchev–Trinajstić information content (AvgIpc) is 2.88. The number of hydrogen-bond donors (Lipinski definition) is 2. The van der Waals surface area contributed by atoms with Crippen LogP contribution in [-0.2, 0) is 6.54 Å². The first-order valence-electron chi connectivity index (χ1n) is 5.42. The van der Waals surface area contributed by atoms with Gasteiger partial charge >= 0.3 is 5.76 Å². The molecule has 0 saturated carbocycles. The Hall–Kier alpha value is -1.47. The largest absolute Gasteiger partial charge is 0.451 e. The molecule has 0 aliphatic rings. The zero-order valence-electron chi connectivity index (χ0n) is 9.50. The summed E-state index contributed by atoms with van der Waals surface area (Å²) in [5.74, 6) is 0.338. The second-order valence-corrected chi connectivity index (χ2v) is 5.49. The summed E-state index contributed by atoms with van der Waals surface area (Å²) in [6, 6.07) is 7.28. The van der Waals surface area contributed by atoms with Gasteiger partial charge in [0, 0.05) is 5.69 Å². The number of rotatable bonds is 3. The SMILES string of the molecule is O=c1[nH]c2cc(NCc3cc(Br)c(Br)o3)ccc2o1. The molecule has 0 fully saturated rings. The Morgan fingerprint density at radius 2 is 2.05 bits per heavy atom. The number of fused-ring (bicyclic) bond motifs is 1. The average molecular weight is 388 g/mol. The van der Waals surface area contributed by atoms with E-state index in [0.717, 1.165) is 15.9 Å². The van der Waals surface area contributed by atoms with Crippen LogP contribution < -0.4 is 11.1 Å². The lowest BCUT2D eigenvalue weighted by molar-refractivity contribution is 0.494. The number of nitrogens with one attached hydrogen (secondary N) is 2. The van der Waals surface area contributed by atoms with Crippen LogP contribution in [0.4, 0.5) is 5.69 Å². The topological polar surface area (TPSA) is 71.2 Å². The molecule has 0 spiro atoms. The Labute approximate surface area is 124 Å². The van der Waals surface area contributed by atoms with Crippen LogP contribution in [0.1, 0.15) is 5.76 Å². The van der Waals surface area contributed by atoms with Crippen molar-refractivity contribution in [3.8, 4) is 0 Å². The number of aromatic amines is 1. The van der Waals surface area contributed by atoms with Gasteiger partial charge in [-0.25, -0.2) is 4.79 Å². The van der Waals surface area contributed by atoms with E-state index in [0.29, 0.717) is 22.3 Å². The van der Waals surface area contributed by atoms with E-state index in [9.17, 15) is 4.79 Å². The van der Waals surface area contributed by atoms with Gasteiger partial charge in [-0.3, -0.25) is 4.98 Å². The molecule has 0 unspecified atom stereocenters. The van der Waals surface area contributed by atoms with Gasteiger partial charge in [0.05, 0.1) is 16.5 Å². The third kappa shape index (κ3) is 2.62. The molecule has 0 aliphatic carbocycles. The summed E-state index contributed by atoms with van der Waals surface area (Å²) in [5, 5.41) is 3.20. The number of H-pyrrole nitrogens is 1. The third-order valence-corrected chi connectivity index (χ3v) is 4.29. The van der Waals surface area contributed by atoms with Gasteiger partial charge in [0.25, 0.3) is 0 Å². The van der Waals surface area contributed by atoms with Crippen molar-refractivity contribution in [1.82, 2.24) is 4.98 Å². The molecule has 0 aliphatic heterocycles. The monoisotopic (exact) mass is 386 g/mol. The second kappa shape index (κ2) is 4.90. The molecule has 0 amide bonds. The molecule has 0 saturated heterocycles. The highest BCUT2D eigenvalue weighted by Gasteiger charge is 2.06. The highest BCUT2D eigenvalue weighted by molar-refractivity contribution is 9.13. The molecule has 5 nitrogen and oxygen atoms in total. The van der Waals surface area contributed by atoms with Gasteiger partial charge < -0.3 is 14.2 Å². The number of benzene rings is 1. The van der Waals surface area contributed by atoms with Crippen LogP contribution in [-0.4, -0.2) is 4.98 Å². The van der Waals surface area contributed by atoms with Crippen molar-refractivity contribution >= 4 is 48.6 Å². The van der Waals surface area contributed by atoms with E-state index >= 15 is 0 Å². The summed E-state index contributed by atoms with van der Waals surface area (Å²) in [4.78, 5) is 13.7. The van der Waals surface area contributed by atoms with E-state index in [4.69, 9.17) is 8.83 Å². The van der Waals surface area contributed by atoms with Crippen molar-refractivity contribution in [2.45, 2.75) is 6.54 Å². The van der Waals surface area contributed by atoms with Crippen molar-refractivity contribution < 1.29 is 8.83 Å². The molecule has 2 heterocycles. The van der Waals surface area contributed by atoms with Crippen molar-refractivity contribution in [1.29, 1.82) is 0 Å². The molecule has 3 rings (SSSR count). The van der Waals surface area contributed by atoms with Crippen molar-refractivity contribution in [2.24, 2.45) is 0 Å². The summed E-state index contributed by atoms with van der Waals surface area (Å²) in [7, 11) is 0. The number of aromatic nitrogens is 1. The number of furan rings is 1. The minimum atomic E-state index is -0.453. The first kappa shape index (κ1) is 12.6. The molecule has 7 heteroatoms. The van der Waals surface area contributed by atoms with Crippen molar-refractivity contribution in [3.05, 3.63) is 49.7 Å². The summed E-state index contributed by atoms with van der Waals surface area (Å²) in [5.41, 5.74) is 2.07. The Kier molecular flexibility index (Phi) is 3.24. The summed E-state index contributed by atoms with van der Waals surface area (Å²) < 4.78 is 11.9. The molecule has 0 radical (unpaired) electrons. The zero-order valence-corrected chi connectivity index (χ0v) is 12.7. The summed E-state index contributed by atoms with van der Waals surface area (Å²) in [6.45, 7) is 0.539. The Morgan fingerprint density at radius 3 is 2.79 bits per heavy atom. The first-order valence-corrected chi connectivity index (χ1v) is 7.01. The maximum absolute atomic E-state index is 11.1. The highest BCUT2D eigenvalue weighted by Crippen LogP contribution is 2.27. The maximum atomic E-state index is 11.1. The van der Waals surface area contributed by atoms with Gasteiger partial charge in [0.1, 0.15) is 5.76 Å². The fraction of sp³-hybridized carbons (Fsp3) is 0.0833. The summed E-state index contributed by atoms with van der Waals surface area (Å²) in [6.07, 6.45) is 0. The van der Waals surface area contributed by atoms with Crippen LogP contribution in [0.5, 0.6) is 0 Å². The molecule has 2 aromatic heterocycles. The van der Waals surface area contributed by atoms with E-state index in [1.165, 1.54) is 0 Å². The van der Waals surface area contributed by atoms with Crippen LogP contribution in [0.3, 0.4) is 0 Å². The minimum absolute atomic E-state index is 0.453. The highest BCUT2D eigenvalue weighted by atomic mass is 79.9. The van der Waals surface area contributed by atoms with E-state index in [-0.39, 0.29) is 0 Å². The van der Waals surface area contributed by atoms with Crippen LogP contribution in [0.2, 0.25) is 0 Å². The lowest BCUT2D eigenvalue weighted by Crippen LogP contribution is -1.97. The molecule has 3 aromatic rings. The summed E-state index contributed by atoms with van der Waals surface area (Å²) >= 11 is 6.64. The van der Waals surface area contributed by atoms with Gasteiger partial charge in [-0.05, 0) is 56.1 Å². The fourth-order valence-corrected chi connectivity index (χ4v) is 2.39. The number of hydrogen-bond acceptors (Lipinski definition) is 4.